The first-order chi connectivity index (χ1) is 14.0. The molecular weight excluding hydrogens is 392 g/mol. The minimum absolute atomic E-state index is 0.0103. The predicted octanol–water partition coefficient (Wildman–Crippen LogP) is 1.28. The van der Waals surface area contributed by atoms with Crippen LogP contribution in [-0.4, -0.2) is 43.1 Å². The third kappa shape index (κ3) is 5.03. The lowest BCUT2D eigenvalue weighted by atomic mass is 10.1. The number of hydrogen-bond donors (Lipinski definition) is 0. The van der Waals surface area contributed by atoms with E-state index < -0.39 is 5.90 Å². The summed E-state index contributed by atoms with van der Waals surface area (Å²) in [6.45, 7) is 0. The van der Waals surface area contributed by atoms with Gasteiger partial charge in [-0.2, -0.15) is 10.3 Å². The summed E-state index contributed by atoms with van der Waals surface area (Å²) in [6, 6.07) is 13.0. The van der Waals surface area contributed by atoms with E-state index in [4.69, 9.17) is 9.26 Å². The zero-order chi connectivity index (χ0) is 20.8. The molecule has 0 N–H and O–H groups in total. The van der Waals surface area contributed by atoms with E-state index >= 15 is 0 Å². The maximum Gasteiger partial charge on any atom is 0.324 e. The Balaban J connectivity index is 1.76. The molecule has 2 heterocycles. The quantitative estimate of drug-likeness (QED) is 0.248. The fourth-order valence-electron chi connectivity index (χ4n) is 2.31. The van der Waals surface area contributed by atoms with Gasteiger partial charge in [0.1, 0.15) is 16.8 Å². The van der Waals surface area contributed by atoms with Gasteiger partial charge in [-0.1, -0.05) is 11.8 Å². The van der Waals surface area contributed by atoms with E-state index in [1.807, 2.05) is 24.3 Å². The van der Waals surface area contributed by atoms with Gasteiger partial charge in [0, 0.05) is 11.3 Å². The number of nitriles is 1. The molecule has 148 valence electrons. The van der Waals surface area contributed by atoms with E-state index in [9.17, 15) is 10.4 Å². The topological polar surface area (TPSA) is 114 Å². The number of aromatic nitrogens is 3. The molecule has 0 radical (unpaired) electrons. The highest BCUT2D eigenvalue weighted by Crippen LogP contribution is 2.26. The number of benzene rings is 1. The van der Waals surface area contributed by atoms with Crippen LogP contribution in [0.15, 0.2) is 57.1 Å². The molecule has 0 aliphatic heterocycles. The summed E-state index contributed by atoms with van der Waals surface area (Å²) in [4.78, 5) is 9.82. The van der Waals surface area contributed by atoms with Gasteiger partial charge >= 0.3 is 5.88 Å². The molecule has 0 fully saturated rings. The summed E-state index contributed by atoms with van der Waals surface area (Å²) in [7, 11) is 5.15. The van der Waals surface area contributed by atoms with Gasteiger partial charge in [0.2, 0.25) is 5.27 Å². The molecular formula is C19H18N6O3S. The molecule has 0 amide bonds. The van der Waals surface area contributed by atoms with Gasteiger partial charge in [0.15, 0.2) is 0 Å². The molecule has 0 saturated heterocycles. The van der Waals surface area contributed by atoms with Crippen LogP contribution in [0.5, 0.6) is 5.75 Å². The highest BCUT2D eigenvalue weighted by atomic mass is 32.2. The molecule has 0 saturated carbocycles. The number of thioether (sulfide) groups is 1. The second kappa shape index (κ2) is 9.07. The van der Waals surface area contributed by atoms with Gasteiger partial charge in [-0.3, -0.25) is 4.52 Å². The number of pyridine rings is 1. The van der Waals surface area contributed by atoms with E-state index in [1.54, 1.807) is 38.3 Å². The summed E-state index contributed by atoms with van der Waals surface area (Å²) in [5.74, 6) is 0.436. The molecule has 1 aromatic carbocycles. The molecule has 0 spiro atoms. The zero-order valence-electron chi connectivity index (χ0n) is 16.1. The normalized spacial score (nSPS) is 11.2. The molecule has 2 aromatic heterocycles. The number of rotatable bonds is 7. The van der Waals surface area contributed by atoms with Gasteiger partial charge in [0.25, 0.3) is 6.20 Å². The van der Waals surface area contributed by atoms with Gasteiger partial charge < -0.3 is 9.84 Å². The highest BCUT2D eigenvalue weighted by molar-refractivity contribution is 7.99. The smallest absolute Gasteiger partial charge is 0.324 e. The van der Waals surface area contributed by atoms with Crippen molar-refractivity contribution >= 4 is 23.5 Å². The molecule has 10 heteroatoms. The molecule has 0 bridgehead atoms. The molecule has 0 aliphatic rings. The second-order valence-electron chi connectivity index (χ2n) is 5.99. The Hall–Kier alpha value is -3.58. The molecule has 3 aromatic rings. The fourth-order valence-corrected chi connectivity index (χ4v) is 3.07. The predicted molar refractivity (Wildman–Crippen MR) is 106 cm³/mol. The lowest BCUT2D eigenvalue weighted by Gasteiger charge is -2.10. The molecule has 0 atom stereocenters. The Labute approximate surface area is 171 Å². The van der Waals surface area contributed by atoms with Crippen molar-refractivity contribution in [3.8, 4) is 23.1 Å². The van der Waals surface area contributed by atoms with Gasteiger partial charge in [-0.05, 0) is 42.3 Å². The Morgan fingerprint density at radius 2 is 2.07 bits per heavy atom. The monoisotopic (exact) mass is 410 g/mol. The van der Waals surface area contributed by atoms with Crippen LogP contribution in [0.1, 0.15) is 5.56 Å². The van der Waals surface area contributed by atoms with Crippen molar-refractivity contribution in [1.29, 1.82) is 5.26 Å². The lowest BCUT2D eigenvalue weighted by molar-refractivity contribution is -0.753. The molecule has 3 rings (SSSR count). The van der Waals surface area contributed by atoms with E-state index in [-0.39, 0.29) is 11.6 Å². The number of hydrogen-bond acceptors (Lipinski definition) is 9. The van der Waals surface area contributed by atoms with Crippen LogP contribution >= 0.6 is 11.8 Å². The van der Waals surface area contributed by atoms with Crippen molar-refractivity contribution in [3.63, 3.8) is 0 Å². The third-order valence-corrected chi connectivity index (χ3v) is 4.76. The van der Waals surface area contributed by atoms with Crippen LogP contribution in [0.2, 0.25) is 0 Å². The van der Waals surface area contributed by atoms with Crippen molar-refractivity contribution in [2.75, 3.05) is 32.0 Å². The zero-order valence-corrected chi connectivity index (χ0v) is 16.9. The summed E-state index contributed by atoms with van der Waals surface area (Å²) < 4.78 is 10.1. The minimum Gasteiger partial charge on any atom is -0.861 e. The van der Waals surface area contributed by atoms with Crippen LogP contribution in [-0.2, 0) is 0 Å². The van der Waals surface area contributed by atoms with Crippen molar-refractivity contribution in [3.05, 3.63) is 48.2 Å². The van der Waals surface area contributed by atoms with Gasteiger partial charge in [-0.25, -0.2) is 9.98 Å². The van der Waals surface area contributed by atoms with Gasteiger partial charge in [0.05, 0.1) is 37.3 Å². The van der Waals surface area contributed by atoms with Crippen LogP contribution in [0, 0.1) is 11.3 Å². The van der Waals surface area contributed by atoms with E-state index in [1.165, 1.54) is 11.0 Å². The summed E-state index contributed by atoms with van der Waals surface area (Å²) in [5, 5.41) is 27.4. The summed E-state index contributed by atoms with van der Waals surface area (Å²) in [6.07, 6.45) is 1.49. The Bertz CT molecular complexity index is 1060. The van der Waals surface area contributed by atoms with Crippen molar-refractivity contribution in [2.45, 2.75) is 5.03 Å². The average molecular weight is 410 g/mol. The van der Waals surface area contributed by atoms with Crippen molar-refractivity contribution in [2.24, 2.45) is 4.99 Å². The number of nitrogens with zero attached hydrogens (tertiary/aromatic N) is 6. The number of ether oxygens (including phenoxy) is 1. The van der Waals surface area contributed by atoms with Crippen LogP contribution < -0.4 is 19.6 Å². The largest absolute Gasteiger partial charge is 0.861 e. The maximum absolute atomic E-state index is 12.2. The second-order valence-corrected chi connectivity index (χ2v) is 6.96. The minimum atomic E-state index is -0.419. The fraction of sp³-hybridized carbons (Fsp3) is 0.211. The van der Waals surface area contributed by atoms with Crippen LogP contribution in [0.25, 0.3) is 11.3 Å². The highest BCUT2D eigenvalue weighted by Gasteiger charge is 2.13. The molecule has 0 unspecified atom stereocenters. The number of aliphatic imine (C=N–C) groups is 1. The third-order valence-electron chi connectivity index (χ3n) is 3.79. The maximum atomic E-state index is 12.2. The van der Waals surface area contributed by atoms with Gasteiger partial charge in [-0.15, -0.1) is 0 Å². The summed E-state index contributed by atoms with van der Waals surface area (Å²) >= 11 is 1.15. The molecule has 9 nitrogen and oxygen atoms in total. The first kappa shape index (κ1) is 20.2. The van der Waals surface area contributed by atoms with E-state index in [2.05, 4.69) is 21.3 Å². The van der Waals surface area contributed by atoms with Crippen molar-refractivity contribution in [1.82, 2.24) is 10.3 Å². The summed E-state index contributed by atoms with van der Waals surface area (Å²) in [5.41, 5.74) is 1.97. The van der Waals surface area contributed by atoms with Crippen LogP contribution in [0.4, 0.5) is 5.88 Å². The lowest BCUT2D eigenvalue weighted by Crippen LogP contribution is -2.53. The van der Waals surface area contributed by atoms with Crippen LogP contribution in [0.3, 0.4) is 0 Å². The Morgan fingerprint density at radius 1 is 1.31 bits per heavy atom. The Kier molecular flexibility index (Phi) is 6.31. The SMILES string of the molecule is COc1ccc(-c2ccc(C#N)c(SC/C([O-])=N/c3c[n+](N(C)C)no3)n2)cc1. The average Bonchev–Trinajstić information content (AvgIpc) is 3.21. The first-order valence-electron chi connectivity index (χ1n) is 8.49. The standard InChI is InChI=1S/C19H18N6O3S/c1-24(2)25-11-18(28-23-25)22-17(26)12-29-19-14(10-20)6-9-16(21-19)13-4-7-15(27-3)8-5-13/h4-9,11H,12H2,1-3H3. The molecule has 29 heavy (non-hydrogen) atoms. The number of methoxy groups -OCH3 is 1. The van der Waals surface area contributed by atoms with E-state index in [0.717, 1.165) is 23.1 Å². The van der Waals surface area contributed by atoms with E-state index in [0.29, 0.717) is 16.3 Å². The Morgan fingerprint density at radius 3 is 2.69 bits per heavy atom. The molecule has 0 aliphatic carbocycles. The van der Waals surface area contributed by atoms with Crippen molar-refractivity contribution < 1.29 is 19.2 Å². The first-order valence-corrected chi connectivity index (χ1v) is 9.48.